The Balaban J connectivity index is 3.33. The van der Waals surface area contributed by atoms with E-state index in [2.05, 4.69) is 0 Å². The molecule has 0 radical (unpaired) electrons. The minimum absolute atomic E-state index is 0.240. The van der Waals surface area contributed by atoms with Crippen LogP contribution in [0.25, 0.3) is 0 Å². The maximum absolute atomic E-state index is 12.1. The first kappa shape index (κ1) is 14.8. The maximum atomic E-state index is 12.1. The molecule has 0 aliphatic rings. The third-order valence-electron chi connectivity index (χ3n) is 2.94. The number of nitrogens with zero attached hydrogens (tertiary/aromatic N) is 2. The fraction of sp³-hybridized carbons (Fsp3) is 0.500. The average Bonchev–Trinajstić information content (AvgIpc) is 2.28. The van der Waals surface area contributed by atoms with Gasteiger partial charge in [0.25, 0.3) is 0 Å². The van der Waals surface area contributed by atoms with Crippen LogP contribution in [-0.2, 0) is 10.0 Å². The smallest absolute Gasteiger partial charge is 0.242 e. The minimum Gasteiger partial charge on any atom is -0.397 e. The van der Waals surface area contributed by atoms with Gasteiger partial charge in [-0.2, -0.15) is 0 Å². The van der Waals surface area contributed by atoms with Gasteiger partial charge in [0, 0.05) is 27.2 Å². The van der Waals surface area contributed by atoms with Crippen LogP contribution in [0.3, 0.4) is 0 Å². The van der Waals surface area contributed by atoms with Crippen molar-refractivity contribution in [2.45, 2.75) is 24.8 Å². The molecule has 0 atom stereocenters. The molecule has 0 unspecified atom stereocenters. The van der Waals surface area contributed by atoms with Gasteiger partial charge in [-0.1, -0.05) is 0 Å². The first-order valence-electron chi connectivity index (χ1n) is 5.72. The number of hydrogen-bond donors (Lipinski definition) is 1. The predicted octanol–water partition coefficient (Wildman–Crippen LogP) is 1.36. The van der Waals surface area contributed by atoms with Crippen molar-refractivity contribution in [3.05, 3.63) is 18.2 Å². The monoisotopic (exact) mass is 271 g/mol. The third kappa shape index (κ3) is 2.76. The molecule has 1 aromatic carbocycles. The molecule has 0 bridgehead atoms. The van der Waals surface area contributed by atoms with Crippen molar-refractivity contribution in [2.24, 2.45) is 0 Å². The average molecular weight is 271 g/mol. The fourth-order valence-corrected chi connectivity index (χ4v) is 2.40. The molecule has 5 nitrogen and oxygen atoms in total. The van der Waals surface area contributed by atoms with Gasteiger partial charge in [-0.25, -0.2) is 12.7 Å². The molecule has 0 spiro atoms. The third-order valence-corrected chi connectivity index (χ3v) is 4.75. The number of benzene rings is 1. The molecule has 2 N–H and O–H groups in total. The summed E-state index contributed by atoms with van der Waals surface area (Å²) in [6, 6.07) is 5.02. The molecule has 6 heteroatoms. The Morgan fingerprint density at radius 3 is 2.17 bits per heavy atom. The lowest BCUT2D eigenvalue weighted by molar-refractivity contribution is 0.520. The summed E-state index contributed by atoms with van der Waals surface area (Å²) < 4.78 is 25.3. The lowest BCUT2D eigenvalue weighted by atomic mass is 10.2. The summed E-state index contributed by atoms with van der Waals surface area (Å²) in [5.74, 6) is 0. The van der Waals surface area contributed by atoms with Gasteiger partial charge in [-0.05, 0) is 32.0 Å². The van der Waals surface area contributed by atoms with Gasteiger partial charge in [-0.15, -0.1) is 0 Å². The van der Waals surface area contributed by atoms with Crippen molar-refractivity contribution in [2.75, 3.05) is 31.8 Å². The lowest BCUT2D eigenvalue weighted by Crippen LogP contribution is -2.27. The van der Waals surface area contributed by atoms with Crippen molar-refractivity contribution in [1.82, 2.24) is 4.31 Å². The van der Waals surface area contributed by atoms with Gasteiger partial charge in [0.15, 0.2) is 0 Å². The summed E-state index contributed by atoms with van der Waals surface area (Å²) in [7, 11) is 1.49. The van der Waals surface area contributed by atoms with E-state index in [0.717, 1.165) is 5.69 Å². The van der Waals surface area contributed by atoms with Crippen molar-refractivity contribution in [3.8, 4) is 0 Å². The Hall–Kier alpha value is -1.27. The second kappa shape index (κ2) is 5.16. The molecule has 0 amide bonds. The van der Waals surface area contributed by atoms with E-state index in [-0.39, 0.29) is 10.9 Å². The highest BCUT2D eigenvalue weighted by molar-refractivity contribution is 7.89. The van der Waals surface area contributed by atoms with Crippen LogP contribution >= 0.6 is 0 Å². The number of nitrogen functional groups attached to an aromatic ring is 1. The quantitative estimate of drug-likeness (QED) is 0.840. The Labute approximate surface area is 109 Å². The van der Waals surface area contributed by atoms with Gasteiger partial charge < -0.3 is 10.6 Å². The molecule has 0 aromatic heterocycles. The first-order valence-corrected chi connectivity index (χ1v) is 7.16. The second-order valence-corrected chi connectivity index (χ2v) is 6.86. The maximum Gasteiger partial charge on any atom is 0.242 e. The van der Waals surface area contributed by atoms with Crippen LogP contribution in [0.5, 0.6) is 0 Å². The highest BCUT2D eigenvalue weighted by atomic mass is 32.2. The summed E-state index contributed by atoms with van der Waals surface area (Å²) in [5, 5.41) is 0. The molecule has 1 rings (SSSR count). The van der Waals surface area contributed by atoms with E-state index >= 15 is 0 Å². The number of anilines is 2. The molecule has 1 aromatic rings. The highest BCUT2D eigenvalue weighted by Crippen LogP contribution is 2.27. The van der Waals surface area contributed by atoms with Gasteiger partial charge >= 0.3 is 0 Å². The van der Waals surface area contributed by atoms with Crippen molar-refractivity contribution in [1.29, 1.82) is 0 Å². The largest absolute Gasteiger partial charge is 0.397 e. The molecule has 18 heavy (non-hydrogen) atoms. The van der Waals surface area contributed by atoms with E-state index in [1.165, 1.54) is 24.5 Å². The van der Waals surface area contributed by atoms with Crippen LogP contribution in [0.4, 0.5) is 11.4 Å². The topological polar surface area (TPSA) is 66.6 Å². The highest BCUT2D eigenvalue weighted by Gasteiger charge is 2.19. The zero-order valence-electron chi connectivity index (χ0n) is 11.5. The molecule has 0 heterocycles. The Morgan fingerprint density at radius 1 is 1.17 bits per heavy atom. The van der Waals surface area contributed by atoms with Gasteiger partial charge in [0.05, 0.1) is 16.3 Å². The van der Waals surface area contributed by atoms with E-state index in [1.807, 2.05) is 25.8 Å². The summed E-state index contributed by atoms with van der Waals surface area (Å²) in [5.41, 5.74) is 7.20. The fourth-order valence-electron chi connectivity index (χ4n) is 1.48. The van der Waals surface area contributed by atoms with E-state index in [9.17, 15) is 8.42 Å². The van der Waals surface area contributed by atoms with Crippen LogP contribution in [0.2, 0.25) is 0 Å². The van der Waals surface area contributed by atoms with E-state index in [1.54, 1.807) is 12.1 Å². The normalized spacial score (nSPS) is 12.2. The second-order valence-electron chi connectivity index (χ2n) is 4.71. The minimum atomic E-state index is -3.42. The zero-order valence-corrected chi connectivity index (χ0v) is 12.3. The SMILES string of the molecule is CC(C)N(C)c1cc(S(=O)(=O)N(C)C)ccc1N. The number of hydrogen-bond acceptors (Lipinski definition) is 4. The van der Waals surface area contributed by atoms with Crippen LogP contribution in [-0.4, -0.2) is 39.9 Å². The van der Waals surface area contributed by atoms with Crippen molar-refractivity contribution >= 4 is 21.4 Å². The summed E-state index contributed by atoms with van der Waals surface area (Å²) in [6.07, 6.45) is 0. The molecule has 0 saturated heterocycles. The molecule has 0 saturated carbocycles. The van der Waals surface area contributed by atoms with Gasteiger partial charge in [0.1, 0.15) is 0 Å². The molecule has 0 aliphatic heterocycles. The number of sulfonamides is 1. The summed E-state index contributed by atoms with van der Waals surface area (Å²) >= 11 is 0. The van der Waals surface area contributed by atoms with Gasteiger partial charge in [-0.3, -0.25) is 0 Å². The van der Waals surface area contributed by atoms with Gasteiger partial charge in [0.2, 0.25) is 10.0 Å². The predicted molar refractivity (Wildman–Crippen MR) is 75.3 cm³/mol. The van der Waals surface area contributed by atoms with E-state index < -0.39 is 10.0 Å². The van der Waals surface area contributed by atoms with E-state index in [4.69, 9.17) is 5.73 Å². The number of rotatable bonds is 4. The summed E-state index contributed by atoms with van der Waals surface area (Å²) in [6.45, 7) is 4.04. The first-order chi connectivity index (χ1) is 8.17. The van der Waals surface area contributed by atoms with Crippen LogP contribution < -0.4 is 10.6 Å². The molecular weight excluding hydrogens is 250 g/mol. The van der Waals surface area contributed by atoms with Crippen LogP contribution in [0.15, 0.2) is 23.1 Å². The standard InChI is InChI=1S/C12H21N3O2S/c1-9(2)15(5)12-8-10(6-7-11(12)13)18(16,17)14(3)4/h6-9H,13H2,1-5H3. The Bertz CT molecular complexity index is 524. The van der Waals surface area contributed by atoms with E-state index in [0.29, 0.717) is 5.69 Å². The van der Waals surface area contributed by atoms with Crippen LogP contribution in [0, 0.1) is 0 Å². The molecule has 102 valence electrons. The summed E-state index contributed by atoms with van der Waals surface area (Å²) in [4.78, 5) is 2.20. The Kier molecular flexibility index (Phi) is 4.24. The van der Waals surface area contributed by atoms with Crippen molar-refractivity contribution in [3.63, 3.8) is 0 Å². The molecule has 0 fully saturated rings. The zero-order chi connectivity index (χ0) is 14.1. The molecular formula is C12H21N3O2S. The Morgan fingerprint density at radius 2 is 1.72 bits per heavy atom. The van der Waals surface area contributed by atoms with Crippen molar-refractivity contribution < 1.29 is 8.42 Å². The lowest BCUT2D eigenvalue weighted by Gasteiger charge is -2.26. The van der Waals surface area contributed by atoms with Crippen LogP contribution in [0.1, 0.15) is 13.8 Å². The molecule has 0 aliphatic carbocycles. The number of nitrogens with two attached hydrogens (primary N) is 1.